The highest BCUT2D eigenvalue weighted by atomic mass is 32.1. The standard InChI is InChI=1S/C14H22N4S/c1-8(2)18-7-9(3)15-14(18)17-11(5)13-10(4)16-12(6)19-13/h7-8,11H,1-6H3,(H,15,17). The Labute approximate surface area is 118 Å². The molecule has 2 heterocycles. The summed E-state index contributed by atoms with van der Waals surface area (Å²) in [5.74, 6) is 0.936. The van der Waals surface area contributed by atoms with Crippen LogP contribution in [0.1, 0.15) is 54.1 Å². The molecule has 1 unspecified atom stereocenters. The van der Waals surface area contributed by atoms with Gasteiger partial charge in [0.15, 0.2) is 0 Å². The molecule has 0 aliphatic carbocycles. The number of imidazole rings is 1. The first-order chi connectivity index (χ1) is 8.88. The van der Waals surface area contributed by atoms with Gasteiger partial charge in [-0.3, -0.25) is 0 Å². The van der Waals surface area contributed by atoms with Crippen LogP contribution < -0.4 is 5.32 Å². The maximum Gasteiger partial charge on any atom is 0.203 e. The molecule has 2 aromatic heterocycles. The van der Waals surface area contributed by atoms with E-state index in [9.17, 15) is 0 Å². The fourth-order valence-electron chi connectivity index (χ4n) is 2.22. The van der Waals surface area contributed by atoms with Gasteiger partial charge in [0.2, 0.25) is 5.95 Å². The van der Waals surface area contributed by atoms with Crippen LogP contribution in [0.5, 0.6) is 0 Å². The van der Waals surface area contributed by atoms with E-state index in [1.165, 1.54) is 4.88 Å². The van der Waals surface area contributed by atoms with Gasteiger partial charge < -0.3 is 9.88 Å². The van der Waals surface area contributed by atoms with E-state index in [4.69, 9.17) is 0 Å². The zero-order chi connectivity index (χ0) is 14.2. The Morgan fingerprint density at radius 2 is 1.84 bits per heavy atom. The van der Waals surface area contributed by atoms with Crippen LogP contribution in [-0.4, -0.2) is 14.5 Å². The lowest BCUT2D eigenvalue weighted by atomic mass is 10.2. The number of aryl methyl sites for hydroxylation is 3. The van der Waals surface area contributed by atoms with Crippen molar-refractivity contribution in [3.63, 3.8) is 0 Å². The van der Waals surface area contributed by atoms with Crippen molar-refractivity contribution in [2.75, 3.05) is 5.32 Å². The quantitative estimate of drug-likeness (QED) is 0.918. The van der Waals surface area contributed by atoms with Gasteiger partial charge in [0.25, 0.3) is 0 Å². The number of thiazole rings is 1. The summed E-state index contributed by atoms with van der Waals surface area (Å²) in [7, 11) is 0. The van der Waals surface area contributed by atoms with Crippen molar-refractivity contribution in [2.45, 2.75) is 53.6 Å². The third kappa shape index (κ3) is 2.97. The minimum Gasteiger partial charge on any atom is -0.348 e. The Balaban J connectivity index is 2.23. The van der Waals surface area contributed by atoms with Gasteiger partial charge in [-0.15, -0.1) is 11.3 Å². The summed E-state index contributed by atoms with van der Waals surface area (Å²) in [6, 6.07) is 0.630. The van der Waals surface area contributed by atoms with Crippen molar-refractivity contribution in [3.8, 4) is 0 Å². The summed E-state index contributed by atoms with van der Waals surface area (Å²) in [5.41, 5.74) is 2.16. The van der Waals surface area contributed by atoms with Gasteiger partial charge in [-0.05, 0) is 41.5 Å². The predicted octanol–water partition coefficient (Wildman–Crippen LogP) is 4.02. The van der Waals surface area contributed by atoms with Gasteiger partial charge in [-0.1, -0.05) is 0 Å². The minimum atomic E-state index is 0.227. The van der Waals surface area contributed by atoms with E-state index in [1.54, 1.807) is 11.3 Å². The molecule has 0 aromatic carbocycles. The van der Waals surface area contributed by atoms with Crippen molar-refractivity contribution >= 4 is 17.3 Å². The second-order valence-electron chi connectivity index (χ2n) is 5.26. The van der Waals surface area contributed by atoms with Crippen LogP contribution in [0.25, 0.3) is 0 Å². The molecule has 0 spiro atoms. The van der Waals surface area contributed by atoms with Gasteiger partial charge in [0.05, 0.1) is 22.4 Å². The highest BCUT2D eigenvalue weighted by Crippen LogP contribution is 2.28. The van der Waals surface area contributed by atoms with Crippen LogP contribution in [0.2, 0.25) is 0 Å². The monoisotopic (exact) mass is 278 g/mol. The van der Waals surface area contributed by atoms with Crippen molar-refractivity contribution in [1.29, 1.82) is 0 Å². The van der Waals surface area contributed by atoms with Crippen molar-refractivity contribution in [1.82, 2.24) is 14.5 Å². The molecular weight excluding hydrogens is 256 g/mol. The highest BCUT2D eigenvalue weighted by Gasteiger charge is 2.16. The summed E-state index contributed by atoms with van der Waals surface area (Å²) in [6.45, 7) is 12.6. The summed E-state index contributed by atoms with van der Waals surface area (Å²) in [6.07, 6.45) is 2.09. The van der Waals surface area contributed by atoms with Crippen LogP contribution in [0.15, 0.2) is 6.20 Å². The Hall–Kier alpha value is -1.36. The fraction of sp³-hybridized carbons (Fsp3) is 0.571. The fourth-order valence-corrected chi connectivity index (χ4v) is 3.15. The Bertz CT molecular complexity index is 568. The third-order valence-electron chi connectivity index (χ3n) is 3.09. The van der Waals surface area contributed by atoms with E-state index in [2.05, 4.69) is 53.7 Å². The first kappa shape index (κ1) is 14.1. The van der Waals surface area contributed by atoms with E-state index < -0.39 is 0 Å². The number of rotatable bonds is 4. The number of nitrogens with zero attached hydrogens (tertiary/aromatic N) is 3. The molecule has 1 atom stereocenters. The summed E-state index contributed by atoms with van der Waals surface area (Å²) in [4.78, 5) is 10.3. The molecule has 0 amide bonds. The molecule has 0 saturated carbocycles. The number of anilines is 1. The molecule has 2 rings (SSSR count). The van der Waals surface area contributed by atoms with Crippen molar-refractivity contribution < 1.29 is 0 Å². The second-order valence-corrected chi connectivity index (χ2v) is 6.49. The Morgan fingerprint density at radius 3 is 2.37 bits per heavy atom. The first-order valence-electron chi connectivity index (χ1n) is 6.64. The third-order valence-corrected chi connectivity index (χ3v) is 4.34. The van der Waals surface area contributed by atoms with Crippen molar-refractivity contribution in [2.24, 2.45) is 0 Å². The zero-order valence-corrected chi connectivity index (χ0v) is 13.3. The van der Waals surface area contributed by atoms with E-state index in [0.29, 0.717) is 6.04 Å². The van der Waals surface area contributed by atoms with Gasteiger partial charge in [0.1, 0.15) is 0 Å². The maximum absolute atomic E-state index is 4.57. The van der Waals surface area contributed by atoms with Crippen LogP contribution in [-0.2, 0) is 0 Å². The molecule has 0 saturated heterocycles. The number of aromatic nitrogens is 3. The number of nitrogens with one attached hydrogen (secondary N) is 1. The average Bonchev–Trinajstić information content (AvgIpc) is 2.81. The van der Waals surface area contributed by atoms with Crippen LogP contribution >= 0.6 is 11.3 Å². The van der Waals surface area contributed by atoms with Crippen molar-refractivity contribution in [3.05, 3.63) is 27.5 Å². The van der Waals surface area contributed by atoms with Crippen LogP contribution in [0.3, 0.4) is 0 Å². The summed E-state index contributed by atoms with van der Waals surface area (Å²) < 4.78 is 2.18. The van der Waals surface area contributed by atoms with Crippen LogP contribution in [0, 0.1) is 20.8 Å². The molecule has 1 N–H and O–H groups in total. The number of hydrogen-bond donors (Lipinski definition) is 1. The zero-order valence-electron chi connectivity index (χ0n) is 12.5. The lowest BCUT2D eigenvalue weighted by molar-refractivity contribution is 0.600. The molecule has 0 aliphatic rings. The molecule has 104 valence electrons. The molecule has 4 nitrogen and oxygen atoms in total. The predicted molar refractivity (Wildman–Crippen MR) is 81.0 cm³/mol. The molecule has 0 fully saturated rings. The van der Waals surface area contributed by atoms with Gasteiger partial charge in [-0.25, -0.2) is 9.97 Å². The second kappa shape index (κ2) is 5.33. The molecule has 0 aliphatic heterocycles. The summed E-state index contributed by atoms with van der Waals surface area (Å²) >= 11 is 1.75. The van der Waals surface area contributed by atoms with Crippen LogP contribution in [0.4, 0.5) is 5.95 Å². The summed E-state index contributed by atoms with van der Waals surface area (Å²) in [5, 5.41) is 4.62. The number of hydrogen-bond acceptors (Lipinski definition) is 4. The molecule has 19 heavy (non-hydrogen) atoms. The molecule has 5 heteroatoms. The maximum atomic E-state index is 4.57. The van der Waals surface area contributed by atoms with Gasteiger partial charge in [-0.2, -0.15) is 0 Å². The minimum absolute atomic E-state index is 0.227. The Morgan fingerprint density at radius 1 is 1.16 bits per heavy atom. The smallest absolute Gasteiger partial charge is 0.203 e. The first-order valence-corrected chi connectivity index (χ1v) is 7.46. The molecule has 2 aromatic rings. The SMILES string of the molecule is Cc1cn(C(C)C)c(NC(C)c2sc(C)nc2C)n1. The lowest BCUT2D eigenvalue weighted by Gasteiger charge is -2.17. The van der Waals surface area contributed by atoms with E-state index in [1.807, 2.05) is 13.8 Å². The van der Waals surface area contributed by atoms with Gasteiger partial charge in [0, 0.05) is 17.1 Å². The highest BCUT2D eigenvalue weighted by molar-refractivity contribution is 7.11. The largest absolute Gasteiger partial charge is 0.348 e. The normalized spacial score (nSPS) is 13.0. The van der Waals surface area contributed by atoms with Gasteiger partial charge >= 0.3 is 0 Å². The molecule has 0 bridgehead atoms. The average molecular weight is 278 g/mol. The lowest BCUT2D eigenvalue weighted by Crippen LogP contribution is -2.12. The topological polar surface area (TPSA) is 42.7 Å². The molecular formula is C14H22N4S. The Kier molecular flexibility index (Phi) is 3.94. The van der Waals surface area contributed by atoms with E-state index in [0.717, 1.165) is 22.3 Å². The van der Waals surface area contributed by atoms with E-state index in [-0.39, 0.29) is 6.04 Å². The van der Waals surface area contributed by atoms with E-state index >= 15 is 0 Å². The molecule has 0 radical (unpaired) electrons.